The maximum Gasteiger partial charge on any atom is 0.137 e. The summed E-state index contributed by atoms with van der Waals surface area (Å²) in [6.07, 6.45) is 2.12. The Kier molecular flexibility index (Phi) is 2.44. The summed E-state index contributed by atoms with van der Waals surface area (Å²) in [5.74, 6) is 0. The number of aryl methyl sites for hydroxylation is 3. The molecule has 3 aromatic rings. The zero-order valence-corrected chi connectivity index (χ0v) is 10.9. The van der Waals surface area contributed by atoms with Crippen LogP contribution >= 0.6 is 0 Å². The predicted molar refractivity (Wildman–Crippen MR) is 74.8 cm³/mol. The van der Waals surface area contributed by atoms with Crippen LogP contribution in [0.25, 0.3) is 16.9 Å². The SMILES string of the molecule is Cc1ccc(C)c(-c2cn3c(C)cccc3n2)c1. The molecule has 2 heterocycles. The average Bonchev–Trinajstić information content (AvgIpc) is 2.77. The van der Waals surface area contributed by atoms with Crippen molar-refractivity contribution in [1.82, 2.24) is 9.38 Å². The number of nitrogens with zero attached hydrogens (tertiary/aromatic N) is 2. The number of fused-ring (bicyclic) bond motifs is 1. The van der Waals surface area contributed by atoms with Crippen molar-refractivity contribution in [2.75, 3.05) is 0 Å². The van der Waals surface area contributed by atoms with Crippen LogP contribution in [-0.2, 0) is 0 Å². The first kappa shape index (κ1) is 11.0. The van der Waals surface area contributed by atoms with E-state index in [4.69, 9.17) is 4.98 Å². The second kappa shape index (κ2) is 3.98. The second-order valence-corrected chi connectivity index (χ2v) is 4.84. The van der Waals surface area contributed by atoms with E-state index in [0.717, 1.165) is 11.3 Å². The highest BCUT2D eigenvalue weighted by Gasteiger charge is 2.08. The Bertz CT molecular complexity index is 723. The van der Waals surface area contributed by atoms with Crippen molar-refractivity contribution >= 4 is 5.65 Å². The molecule has 0 bridgehead atoms. The van der Waals surface area contributed by atoms with Gasteiger partial charge >= 0.3 is 0 Å². The fraction of sp³-hybridized carbons (Fsp3) is 0.188. The van der Waals surface area contributed by atoms with E-state index in [1.807, 2.05) is 12.1 Å². The first-order valence-corrected chi connectivity index (χ1v) is 6.17. The molecule has 0 aliphatic rings. The molecule has 2 heteroatoms. The Balaban J connectivity index is 2.26. The van der Waals surface area contributed by atoms with E-state index in [2.05, 4.69) is 55.6 Å². The lowest BCUT2D eigenvalue weighted by Crippen LogP contribution is -1.86. The monoisotopic (exact) mass is 236 g/mol. The Hall–Kier alpha value is -2.09. The number of rotatable bonds is 1. The molecular weight excluding hydrogens is 220 g/mol. The van der Waals surface area contributed by atoms with E-state index in [0.29, 0.717) is 0 Å². The van der Waals surface area contributed by atoms with Gasteiger partial charge in [0.2, 0.25) is 0 Å². The lowest BCUT2D eigenvalue weighted by atomic mass is 10.0. The lowest BCUT2D eigenvalue weighted by Gasteiger charge is -2.03. The van der Waals surface area contributed by atoms with Gasteiger partial charge in [0.25, 0.3) is 0 Å². The highest BCUT2D eigenvalue weighted by atomic mass is 15.0. The van der Waals surface area contributed by atoms with Gasteiger partial charge in [0, 0.05) is 17.5 Å². The normalized spacial score (nSPS) is 11.1. The number of benzene rings is 1. The average molecular weight is 236 g/mol. The van der Waals surface area contributed by atoms with Crippen molar-refractivity contribution in [3.05, 3.63) is 59.4 Å². The molecule has 2 nitrogen and oxygen atoms in total. The number of hydrogen-bond donors (Lipinski definition) is 0. The van der Waals surface area contributed by atoms with Gasteiger partial charge in [-0.25, -0.2) is 4.98 Å². The molecule has 0 spiro atoms. The quantitative estimate of drug-likeness (QED) is 0.626. The van der Waals surface area contributed by atoms with Gasteiger partial charge in [-0.05, 0) is 44.5 Å². The van der Waals surface area contributed by atoms with Crippen LogP contribution in [0.3, 0.4) is 0 Å². The summed E-state index contributed by atoms with van der Waals surface area (Å²) in [6.45, 7) is 6.34. The van der Waals surface area contributed by atoms with Gasteiger partial charge in [-0.1, -0.05) is 23.8 Å². The summed E-state index contributed by atoms with van der Waals surface area (Å²) in [5.41, 5.74) is 7.01. The minimum Gasteiger partial charge on any atom is -0.304 e. The van der Waals surface area contributed by atoms with Crippen molar-refractivity contribution in [3.63, 3.8) is 0 Å². The van der Waals surface area contributed by atoms with Gasteiger partial charge in [0.05, 0.1) is 5.69 Å². The summed E-state index contributed by atoms with van der Waals surface area (Å²) >= 11 is 0. The molecule has 0 fully saturated rings. The van der Waals surface area contributed by atoms with Gasteiger partial charge in [0.15, 0.2) is 0 Å². The summed E-state index contributed by atoms with van der Waals surface area (Å²) in [5, 5.41) is 0. The van der Waals surface area contributed by atoms with Crippen LogP contribution in [0.4, 0.5) is 0 Å². The van der Waals surface area contributed by atoms with Crippen LogP contribution in [0.1, 0.15) is 16.8 Å². The minimum absolute atomic E-state index is 1.01. The van der Waals surface area contributed by atoms with E-state index in [9.17, 15) is 0 Å². The van der Waals surface area contributed by atoms with Crippen LogP contribution in [-0.4, -0.2) is 9.38 Å². The predicted octanol–water partition coefficient (Wildman–Crippen LogP) is 3.93. The summed E-state index contributed by atoms with van der Waals surface area (Å²) in [6, 6.07) is 12.7. The Labute approximate surface area is 107 Å². The molecule has 2 aromatic heterocycles. The van der Waals surface area contributed by atoms with Gasteiger partial charge in [0.1, 0.15) is 5.65 Å². The maximum atomic E-state index is 4.71. The third-order valence-corrected chi connectivity index (χ3v) is 3.36. The van der Waals surface area contributed by atoms with E-state index in [1.165, 1.54) is 22.4 Å². The van der Waals surface area contributed by atoms with Crippen LogP contribution in [0.2, 0.25) is 0 Å². The van der Waals surface area contributed by atoms with E-state index in [1.54, 1.807) is 0 Å². The van der Waals surface area contributed by atoms with Crippen molar-refractivity contribution in [3.8, 4) is 11.3 Å². The molecule has 0 aliphatic heterocycles. The van der Waals surface area contributed by atoms with E-state index >= 15 is 0 Å². The maximum absolute atomic E-state index is 4.71. The second-order valence-electron chi connectivity index (χ2n) is 4.84. The molecule has 0 saturated heterocycles. The molecular formula is C16H16N2. The number of imidazole rings is 1. The van der Waals surface area contributed by atoms with Crippen molar-refractivity contribution in [1.29, 1.82) is 0 Å². The van der Waals surface area contributed by atoms with Crippen LogP contribution < -0.4 is 0 Å². The number of aromatic nitrogens is 2. The summed E-state index contributed by atoms with van der Waals surface area (Å²) in [7, 11) is 0. The van der Waals surface area contributed by atoms with Crippen LogP contribution in [0.5, 0.6) is 0 Å². The fourth-order valence-electron chi connectivity index (χ4n) is 2.29. The van der Waals surface area contributed by atoms with Gasteiger partial charge in [-0.3, -0.25) is 0 Å². The third-order valence-electron chi connectivity index (χ3n) is 3.36. The summed E-state index contributed by atoms with van der Waals surface area (Å²) in [4.78, 5) is 4.71. The molecule has 18 heavy (non-hydrogen) atoms. The van der Waals surface area contributed by atoms with Crippen LogP contribution in [0, 0.1) is 20.8 Å². The minimum atomic E-state index is 1.01. The molecule has 0 atom stereocenters. The first-order chi connectivity index (χ1) is 8.65. The first-order valence-electron chi connectivity index (χ1n) is 6.17. The molecule has 90 valence electrons. The van der Waals surface area contributed by atoms with Crippen molar-refractivity contribution in [2.45, 2.75) is 20.8 Å². The molecule has 0 saturated carbocycles. The molecule has 0 unspecified atom stereocenters. The fourth-order valence-corrected chi connectivity index (χ4v) is 2.29. The van der Waals surface area contributed by atoms with Gasteiger partial charge < -0.3 is 4.40 Å². The molecule has 0 N–H and O–H groups in total. The number of hydrogen-bond acceptors (Lipinski definition) is 1. The zero-order valence-electron chi connectivity index (χ0n) is 10.9. The Morgan fingerprint density at radius 2 is 1.83 bits per heavy atom. The highest BCUT2D eigenvalue weighted by Crippen LogP contribution is 2.24. The van der Waals surface area contributed by atoms with Gasteiger partial charge in [-0.15, -0.1) is 0 Å². The van der Waals surface area contributed by atoms with Crippen LogP contribution in [0.15, 0.2) is 42.6 Å². The number of pyridine rings is 1. The third kappa shape index (κ3) is 1.70. The van der Waals surface area contributed by atoms with E-state index in [-0.39, 0.29) is 0 Å². The lowest BCUT2D eigenvalue weighted by molar-refractivity contribution is 1.09. The molecule has 0 amide bonds. The van der Waals surface area contributed by atoms with Crippen molar-refractivity contribution < 1.29 is 0 Å². The molecule has 0 aliphatic carbocycles. The van der Waals surface area contributed by atoms with Gasteiger partial charge in [-0.2, -0.15) is 0 Å². The zero-order chi connectivity index (χ0) is 12.7. The Morgan fingerprint density at radius 1 is 1.00 bits per heavy atom. The topological polar surface area (TPSA) is 17.3 Å². The van der Waals surface area contributed by atoms with Crippen molar-refractivity contribution in [2.24, 2.45) is 0 Å². The standard InChI is InChI=1S/C16H16N2/c1-11-7-8-12(2)14(9-11)15-10-18-13(3)5-4-6-16(18)17-15/h4-10H,1-3H3. The Morgan fingerprint density at radius 3 is 2.61 bits per heavy atom. The smallest absolute Gasteiger partial charge is 0.137 e. The largest absolute Gasteiger partial charge is 0.304 e. The molecule has 3 rings (SSSR count). The van der Waals surface area contributed by atoms with E-state index < -0.39 is 0 Å². The molecule has 1 aromatic carbocycles. The summed E-state index contributed by atoms with van der Waals surface area (Å²) < 4.78 is 2.14. The highest BCUT2D eigenvalue weighted by molar-refractivity contribution is 5.67. The molecule has 0 radical (unpaired) electrons.